The molecule has 3 aliphatic rings. The predicted molar refractivity (Wildman–Crippen MR) is 167 cm³/mol. The van der Waals surface area contributed by atoms with Gasteiger partial charge in [-0.25, -0.2) is 0 Å². The number of carbonyl (C=O) groups excluding carboxylic acids is 2. The highest BCUT2D eigenvalue weighted by Gasteiger charge is 2.40. The van der Waals surface area contributed by atoms with Gasteiger partial charge in [-0.3, -0.25) is 9.59 Å². The van der Waals surface area contributed by atoms with Crippen molar-refractivity contribution >= 4 is 35.0 Å². The SMILES string of the molecule is Cc1cc(Cl)c(OCCOc2ccc(C(=O)NC3CCNCC3C(=O)N(Cc3cccc4c3OCO4)C3CC3)cc2)c(Cl)c1. The number of nitrogens with one attached hydrogen (secondary N) is 2. The average Bonchev–Trinajstić information content (AvgIpc) is 3.74. The van der Waals surface area contributed by atoms with Crippen molar-refractivity contribution in [2.24, 2.45) is 5.92 Å². The Bertz CT molecular complexity index is 1490. The highest BCUT2D eigenvalue weighted by molar-refractivity contribution is 6.37. The molecule has 0 radical (unpaired) electrons. The molecule has 0 aromatic heterocycles. The van der Waals surface area contributed by atoms with Gasteiger partial charge in [0.25, 0.3) is 5.91 Å². The van der Waals surface area contributed by atoms with Crippen molar-refractivity contribution in [2.45, 2.75) is 44.8 Å². The van der Waals surface area contributed by atoms with Crippen LogP contribution in [-0.4, -0.2) is 61.9 Å². The molecule has 2 aliphatic heterocycles. The number of amides is 2. The molecular weight excluding hydrogens is 605 g/mol. The van der Waals surface area contributed by atoms with Crippen molar-refractivity contribution in [3.05, 3.63) is 81.3 Å². The number of para-hydroxylation sites is 1. The normalized spacial score (nSPS) is 18.9. The molecule has 1 aliphatic carbocycles. The first-order chi connectivity index (χ1) is 21.4. The van der Waals surface area contributed by atoms with Gasteiger partial charge in [-0.2, -0.15) is 0 Å². The van der Waals surface area contributed by atoms with Gasteiger partial charge in [0.15, 0.2) is 17.2 Å². The summed E-state index contributed by atoms with van der Waals surface area (Å²) in [6, 6.07) is 16.2. The molecular formula is C33H35Cl2N3O6. The second-order valence-corrected chi connectivity index (χ2v) is 12.1. The second-order valence-electron chi connectivity index (χ2n) is 11.3. The zero-order chi connectivity index (χ0) is 30.6. The molecule has 0 bridgehead atoms. The van der Waals surface area contributed by atoms with Gasteiger partial charge < -0.3 is 34.5 Å². The van der Waals surface area contributed by atoms with E-state index in [0.717, 1.165) is 30.5 Å². The molecule has 2 unspecified atom stereocenters. The van der Waals surface area contributed by atoms with Gasteiger partial charge in [0.1, 0.15) is 19.0 Å². The number of carbonyl (C=O) groups is 2. The topological polar surface area (TPSA) is 98.4 Å². The fourth-order valence-electron chi connectivity index (χ4n) is 5.66. The lowest BCUT2D eigenvalue weighted by Crippen LogP contribution is -2.55. The molecule has 1 saturated heterocycles. The number of fused-ring (bicyclic) bond motifs is 1. The summed E-state index contributed by atoms with van der Waals surface area (Å²) in [5.74, 6) is 1.88. The summed E-state index contributed by atoms with van der Waals surface area (Å²) in [6.45, 7) is 4.30. The predicted octanol–water partition coefficient (Wildman–Crippen LogP) is 5.39. The van der Waals surface area contributed by atoms with Gasteiger partial charge in [0.05, 0.1) is 16.0 Å². The number of ether oxygens (including phenoxy) is 4. The molecule has 6 rings (SSSR count). The molecule has 44 heavy (non-hydrogen) atoms. The molecule has 2 atom stereocenters. The summed E-state index contributed by atoms with van der Waals surface area (Å²) in [4.78, 5) is 29.2. The smallest absolute Gasteiger partial charge is 0.251 e. The lowest BCUT2D eigenvalue weighted by Gasteiger charge is -2.36. The van der Waals surface area contributed by atoms with E-state index in [0.29, 0.717) is 58.1 Å². The molecule has 3 aromatic carbocycles. The minimum atomic E-state index is -0.375. The van der Waals surface area contributed by atoms with Crippen molar-refractivity contribution in [1.29, 1.82) is 0 Å². The molecule has 9 nitrogen and oxygen atoms in total. The highest BCUT2D eigenvalue weighted by Crippen LogP contribution is 2.39. The van der Waals surface area contributed by atoms with E-state index in [1.165, 1.54) is 0 Å². The Hall–Kier alpha value is -3.66. The van der Waals surface area contributed by atoms with E-state index >= 15 is 0 Å². The van der Waals surface area contributed by atoms with E-state index in [4.69, 9.17) is 42.1 Å². The van der Waals surface area contributed by atoms with Crippen LogP contribution in [0.5, 0.6) is 23.0 Å². The molecule has 11 heteroatoms. The Morgan fingerprint density at radius 2 is 1.75 bits per heavy atom. The van der Waals surface area contributed by atoms with Crippen LogP contribution < -0.4 is 29.6 Å². The van der Waals surface area contributed by atoms with Gasteiger partial charge in [-0.15, -0.1) is 0 Å². The first kappa shape index (κ1) is 30.4. The van der Waals surface area contributed by atoms with E-state index in [9.17, 15) is 9.59 Å². The monoisotopic (exact) mass is 639 g/mol. The highest BCUT2D eigenvalue weighted by atomic mass is 35.5. The molecule has 2 amide bonds. The van der Waals surface area contributed by atoms with Gasteiger partial charge in [0.2, 0.25) is 12.7 Å². The first-order valence-electron chi connectivity index (χ1n) is 14.9. The lowest BCUT2D eigenvalue weighted by atomic mass is 9.91. The third-order valence-electron chi connectivity index (χ3n) is 8.06. The van der Waals surface area contributed by atoms with E-state index in [1.54, 1.807) is 36.4 Å². The number of piperidine rings is 1. The van der Waals surface area contributed by atoms with Crippen LogP contribution in [0, 0.1) is 12.8 Å². The largest absolute Gasteiger partial charge is 0.490 e. The van der Waals surface area contributed by atoms with Crippen molar-refractivity contribution < 1.29 is 28.5 Å². The maximum Gasteiger partial charge on any atom is 0.251 e. The standard InChI is InChI=1S/C33H35Cl2N3O6/c1-20-15-26(34)31(27(35)16-20)42-14-13-41-24-9-5-21(6-10-24)32(39)37-28-11-12-36-17-25(28)33(40)38(23-7-8-23)18-22-3-2-4-29-30(22)44-19-43-29/h2-6,9-10,15-16,23,25,28,36H,7-8,11-14,17-19H2,1H3,(H,37,39). The van der Waals surface area contributed by atoms with E-state index in [-0.39, 0.29) is 49.8 Å². The van der Waals surface area contributed by atoms with Crippen LogP contribution in [0.2, 0.25) is 10.0 Å². The summed E-state index contributed by atoms with van der Waals surface area (Å²) in [7, 11) is 0. The molecule has 232 valence electrons. The van der Waals surface area contributed by atoms with Crippen molar-refractivity contribution in [2.75, 3.05) is 33.1 Å². The fourth-order valence-corrected chi connectivity index (χ4v) is 6.36. The summed E-state index contributed by atoms with van der Waals surface area (Å²) in [5.41, 5.74) is 2.38. The average molecular weight is 641 g/mol. The Balaban J connectivity index is 1.04. The number of hydrogen-bond acceptors (Lipinski definition) is 7. The second kappa shape index (κ2) is 13.5. The van der Waals surface area contributed by atoms with Crippen LogP contribution in [0.25, 0.3) is 0 Å². The van der Waals surface area contributed by atoms with Crippen LogP contribution in [0.1, 0.15) is 40.7 Å². The molecule has 0 spiro atoms. The number of nitrogens with zero attached hydrogens (tertiary/aromatic N) is 1. The van der Waals surface area contributed by atoms with E-state index in [1.807, 2.05) is 30.0 Å². The van der Waals surface area contributed by atoms with Crippen LogP contribution in [0.3, 0.4) is 0 Å². The summed E-state index contributed by atoms with van der Waals surface area (Å²) >= 11 is 12.5. The number of rotatable bonds is 11. The quantitative estimate of drug-likeness (QED) is 0.272. The van der Waals surface area contributed by atoms with Gasteiger partial charge >= 0.3 is 0 Å². The number of halogens is 2. The van der Waals surface area contributed by atoms with Crippen LogP contribution >= 0.6 is 23.2 Å². The Morgan fingerprint density at radius 3 is 2.50 bits per heavy atom. The lowest BCUT2D eigenvalue weighted by molar-refractivity contribution is -0.138. The summed E-state index contributed by atoms with van der Waals surface area (Å²) in [6.07, 6.45) is 2.61. The zero-order valence-electron chi connectivity index (χ0n) is 24.4. The maximum atomic E-state index is 13.9. The Labute approximate surface area is 266 Å². The minimum Gasteiger partial charge on any atom is -0.490 e. The van der Waals surface area contributed by atoms with Crippen molar-refractivity contribution in [3.8, 4) is 23.0 Å². The molecule has 2 heterocycles. The third-order valence-corrected chi connectivity index (χ3v) is 8.62. The van der Waals surface area contributed by atoms with Crippen LogP contribution in [0.15, 0.2) is 54.6 Å². The van der Waals surface area contributed by atoms with Crippen molar-refractivity contribution in [3.63, 3.8) is 0 Å². The molecule has 2 N–H and O–H groups in total. The fraction of sp³-hybridized carbons (Fsp3) is 0.394. The molecule has 1 saturated carbocycles. The first-order valence-corrected chi connectivity index (χ1v) is 15.6. The van der Waals surface area contributed by atoms with E-state index < -0.39 is 0 Å². The zero-order valence-corrected chi connectivity index (χ0v) is 26.0. The minimum absolute atomic E-state index is 0.0423. The summed E-state index contributed by atoms with van der Waals surface area (Å²) in [5, 5.41) is 7.38. The molecule has 3 aromatic rings. The number of benzene rings is 3. The Kier molecular flexibility index (Phi) is 9.35. The van der Waals surface area contributed by atoms with Crippen LogP contribution in [-0.2, 0) is 11.3 Å². The van der Waals surface area contributed by atoms with Gasteiger partial charge in [-0.1, -0.05) is 35.3 Å². The molecule has 2 fully saturated rings. The summed E-state index contributed by atoms with van der Waals surface area (Å²) < 4.78 is 22.7. The number of hydrogen-bond donors (Lipinski definition) is 2. The third kappa shape index (κ3) is 7.01. The van der Waals surface area contributed by atoms with Crippen LogP contribution in [0.4, 0.5) is 0 Å². The van der Waals surface area contributed by atoms with Crippen molar-refractivity contribution in [1.82, 2.24) is 15.5 Å². The Morgan fingerprint density at radius 1 is 1.00 bits per heavy atom. The van der Waals surface area contributed by atoms with Gasteiger partial charge in [0, 0.05) is 36.3 Å². The number of aryl methyl sites for hydroxylation is 1. The maximum absolute atomic E-state index is 13.9. The van der Waals surface area contributed by atoms with Gasteiger partial charge in [-0.05, 0) is 80.8 Å². The van der Waals surface area contributed by atoms with E-state index in [2.05, 4.69) is 10.6 Å².